The lowest BCUT2D eigenvalue weighted by Crippen LogP contribution is -2.22. The molecule has 1 unspecified atom stereocenters. The number of hydrogen-bond acceptors (Lipinski definition) is 1. The van der Waals surface area contributed by atoms with Crippen molar-refractivity contribution in [1.82, 2.24) is 14.5 Å². The summed E-state index contributed by atoms with van der Waals surface area (Å²) in [4.78, 5) is 0. The zero-order valence-corrected chi connectivity index (χ0v) is 24.1. The lowest BCUT2D eigenvalue weighted by molar-refractivity contribution is 0.580. The van der Waals surface area contributed by atoms with Crippen molar-refractivity contribution >= 4 is 49.2 Å². The van der Waals surface area contributed by atoms with Crippen molar-refractivity contribution in [3.05, 3.63) is 170 Å². The molecule has 0 radical (unpaired) electrons. The highest BCUT2D eigenvalue weighted by Gasteiger charge is 2.19. The lowest BCUT2D eigenvalue weighted by Gasteiger charge is -2.23. The summed E-state index contributed by atoms with van der Waals surface area (Å²) in [5.74, 6) is 0. The van der Waals surface area contributed by atoms with E-state index >= 15 is 0 Å². The first-order chi connectivity index (χ1) is 21.8. The van der Waals surface area contributed by atoms with Gasteiger partial charge in [0.2, 0.25) is 0 Å². The molecule has 1 aliphatic heterocycles. The van der Waals surface area contributed by atoms with Gasteiger partial charge in [-0.2, -0.15) is 0 Å². The van der Waals surface area contributed by atoms with Crippen LogP contribution in [0, 0.1) is 0 Å². The van der Waals surface area contributed by atoms with Crippen LogP contribution < -0.4 is 5.32 Å². The quantitative estimate of drug-likeness (QED) is 0.226. The van der Waals surface area contributed by atoms with E-state index in [0.717, 1.165) is 0 Å². The minimum atomic E-state index is 0.00363. The highest BCUT2D eigenvalue weighted by Crippen LogP contribution is 2.38. The molecule has 0 saturated heterocycles. The van der Waals surface area contributed by atoms with Gasteiger partial charge in [0.05, 0.1) is 22.1 Å². The fraction of sp³-hybridized carbons (Fsp3) is 0.0244. The van der Waals surface area contributed by atoms with Gasteiger partial charge in [-0.15, -0.1) is 0 Å². The van der Waals surface area contributed by atoms with E-state index in [0.29, 0.717) is 0 Å². The Labute approximate surface area is 255 Å². The summed E-state index contributed by atoms with van der Waals surface area (Å²) in [5, 5.41) is 8.66. The highest BCUT2D eigenvalue weighted by molar-refractivity contribution is 6.12. The smallest absolute Gasteiger partial charge is 0.123 e. The molecule has 1 N–H and O–H groups in total. The summed E-state index contributed by atoms with van der Waals surface area (Å²) in [6.45, 7) is 0. The second-order valence-electron chi connectivity index (χ2n) is 11.5. The summed E-state index contributed by atoms with van der Waals surface area (Å²) in [5.41, 5.74) is 10.9. The molecule has 2 aromatic heterocycles. The molecular formula is C41H29N3. The summed E-state index contributed by atoms with van der Waals surface area (Å²) in [6, 6.07) is 52.5. The number of benzene rings is 6. The van der Waals surface area contributed by atoms with Gasteiger partial charge in [-0.25, -0.2) is 0 Å². The van der Waals surface area contributed by atoms with Crippen molar-refractivity contribution in [3.8, 4) is 16.8 Å². The SMILES string of the molecule is C1=CC(c2ccccc2)=CC(n2c3ccccc3c3cc(-c4ccc5c(c4)c4ccccc4n5-c4ccccc4)ccc32)N1. The molecular weight excluding hydrogens is 534 g/mol. The van der Waals surface area contributed by atoms with Crippen molar-refractivity contribution in [1.29, 1.82) is 0 Å². The van der Waals surface area contributed by atoms with Gasteiger partial charge in [-0.3, -0.25) is 0 Å². The van der Waals surface area contributed by atoms with E-state index in [1.165, 1.54) is 71.6 Å². The maximum atomic E-state index is 3.61. The molecule has 9 rings (SSSR count). The van der Waals surface area contributed by atoms with Gasteiger partial charge < -0.3 is 14.5 Å². The van der Waals surface area contributed by atoms with E-state index in [1.54, 1.807) is 0 Å². The molecule has 0 aliphatic carbocycles. The first kappa shape index (κ1) is 24.8. The largest absolute Gasteiger partial charge is 0.368 e. The van der Waals surface area contributed by atoms with Gasteiger partial charge in [-0.1, -0.05) is 97.1 Å². The number of hydrogen-bond donors (Lipinski definition) is 1. The van der Waals surface area contributed by atoms with Crippen molar-refractivity contribution in [2.45, 2.75) is 6.17 Å². The van der Waals surface area contributed by atoms with Crippen LogP contribution in [0.5, 0.6) is 0 Å². The van der Waals surface area contributed by atoms with E-state index in [1.807, 2.05) is 0 Å². The zero-order chi connectivity index (χ0) is 29.0. The average Bonchev–Trinajstić information content (AvgIpc) is 3.61. The van der Waals surface area contributed by atoms with Crippen molar-refractivity contribution < 1.29 is 0 Å². The maximum Gasteiger partial charge on any atom is 0.123 e. The molecule has 44 heavy (non-hydrogen) atoms. The van der Waals surface area contributed by atoms with Crippen LogP contribution in [0.2, 0.25) is 0 Å². The third kappa shape index (κ3) is 3.83. The van der Waals surface area contributed by atoms with E-state index < -0.39 is 0 Å². The molecule has 1 aliphatic rings. The monoisotopic (exact) mass is 563 g/mol. The van der Waals surface area contributed by atoms with E-state index in [-0.39, 0.29) is 6.17 Å². The second-order valence-corrected chi connectivity index (χ2v) is 11.5. The van der Waals surface area contributed by atoms with Gasteiger partial charge in [0.15, 0.2) is 0 Å². The van der Waals surface area contributed by atoms with Crippen LogP contribution >= 0.6 is 0 Å². The zero-order valence-electron chi connectivity index (χ0n) is 24.1. The van der Waals surface area contributed by atoms with Crippen LogP contribution in [0.3, 0.4) is 0 Å². The molecule has 208 valence electrons. The Morgan fingerprint density at radius 3 is 1.75 bits per heavy atom. The number of nitrogens with zero attached hydrogens (tertiary/aromatic N) is 2. The van der Waals surface area contributed by atoms with Crippen LogP contribution in [-0.2, 0) is 0 Å². The Hall–Kier alpha value is -5.80. The van der Waals surface area contributed by atoms with E-state index in [4.69, 9.17) is 0 Å². The molecule has 3 heterocycles. The van der Waals surface area contributed by atoms with Crippen LogP contribution in [0.15, 0.2) is 164 Å². The fourth-order valence-electron chi connectivity index (χ4n) is 6.97. The molecule has 3 heteroatoms. The van der Waals surface area contributed by atoms with Crippen LogP contribution in [0.1, 0.15) is 11.7 Å². The first-order valence-electron chi connectivity index (χ1n) is 15.1. The number of allylic oxidation sites excluding steroid dienone is 2. The number of nitrogens with one attached hydrogen (secondary N) is 1. The second kappa shape index (κ2) is 9.89. The molecule has 3 nitrogen and oxygen atoms in total. The fourth-order valence-corrected chi connectivity index (χ4v) is 6.97. The van der Waals surface area contributed by atoms with Crippen molar-refractivity contribution in [2.75, 3.05) is 0 Å². The molecule has 0 fully saturated rings. The lowest BCUT2D eigenvalue weighted by atomic mass is 10.0. The number of rotatable bonds is 4. The third-order valence-electron chi connectivity index (χ3n) is 8.98. The summed E-state index contributed by atoms with van der Waals surface area (Å²) in [6.07, 6.45) is 6.56. The topological polar surface area (TPSA) is 21.9 Å². The minimum absolute atomic E-state index is 0.00363. The number of dihydropyridines is 1. The van der Waals surface area contributed by atoms with Crippen molar-refractivity contribution in [3.63, 3.8) is 0 Å². The Morgan fingerprint density at radius 2 is 1.00 bits per heavy atom. The summed E-state index contributed by atoms with van der Waals surface area (Å²) in [7, 11) is 0. The van der Waals surface area contributed by atoms with Crippen LogP contribution in [-0.4, -0.2) is 9.13 Å². The molecule has 0 saturated carbocycles. The number of fused-ring (bicyclic) bond motifs is 6. The molecule has 0 bridgehead atoms. The molecule has 8 aromatic rings. The highest BCUT2D eigenvalue weighted by atomic mass is 15.2. The minimum Gasteiger partial charge on any atom is -0.368 e. The maximum absolute atomic E-state index is 3.61. The van der Waals surface area contributed by atoms with E-state index in [9.17, 15) is 0 Å². The van der Waals surface area contributed by atoms with Crippen LogP contribution in [0.25, 0.3) is 66.0 Å². The van der Waals surface area contributed by atoms with Gasteiger partial charge in [0, 0.05) is 27.2 Å². The van der Waals surface area contributed by atoms with Gasteiger partial charge in [0.1, 0.15) is 6.17 Å². The van der Waals surface area contributed by atoms with Crippen LogP contribution in [0.4, 0.5) is 0 Å². The van der Waals surface area contributed by atoms with Crippen molar-refractivity contribution in [2.24, 2.45) is 0 Å². The molecule has 6 aromatic carbocycles. The Bertz CT molecular complexity index is 2410. The Kier molecular flexibility index (Phi) is 5.57. The summed E-state index contributed by atoms with van der Waals surface area (Å²) < 4.78 is 4.80. The molecule has 0 amide bonds. The average molecular weight is 564 g/mol. The standard InChI is InChI=1S/C41H29N3/c1-3-11-28(12-4-1)31-23-24-42-41(27-31)44-38-18-10-8-16-34(38)36-26-30(20-22-40(36)44)29-19-21-39-35(25-29)33-15-7-9-17-37(33)43(39)32-13-5-2-6-14-32/h1-27,41-42H. The number of para-hydroxylation sites is 3. The van der Waals surface area contributed by atoms with Gasteiger partial charge >= 0.3 is 0 Å². The Balaban J connectivity index is 1.20. The third-order valence-corrected chi connectivity index (χ3v) is 8.98. The normalized spacial score (nSPS) is 14.8. The molecule has 0 spiro atoms. The first-order valence-corrected chi connectivity index (χ1v) is 15.1. The molecule has 1 atom stereocenters. The van der Waals surface area contributed by atoms with Gasteiger partial charge in [0.25, 0.3) is 0 Å². The Morgan fingerprint density at radius 1 is 0.455 bits per heavy atom. The van der Waals surface area contributed by atoms with Gasteiger partial charge in [-0.05, 0) is 89.1 Å². The predicted molar refractivity (Wildman–Crippen MR) is 185 cm³/mol. The predicted octanol–water partition coefficient (Wildman–Crippen LogP) is 10.3. The summed E-state index contributed by atoms with van der Waals surface area (Å²) >= 11 is 0. The number of aromatic nitrogens is 2. The van der Waals surface area contributed by atoms with E-state index in [2.05, 4.69) is 178 Å².